The van der Waals surface area contributed by atoms with Gasteiger partial charge < -0.3 is 9.47 Å². The lowest BCUT2D eigenvalue weighted by Crippen LogP contribution is -2.63. The molecule has 0 unspecified atom stereocenters. The van der Waals surface area contributed by atoms with Crippen LogP contribution in [0.1, 0.15) is 37.1 Å². The van der Waals surface area contributed by atoms with Gasteiger partial charge >= 0.3 is 0 Å². The van der Waals surface area contributed by atoms with Gasteiger partial charge in [-0.15, -0.1) is 0 Å². The van der Waals surface area contributed by atoms with Crippen LogP contribution in [0.3, 0.4) is 0 Å². The first-order valence-electron chi connectivity index (χ1n) is 9.51. The number of hydrogen-bond acceptors (Lipinski definition) is 7. The van der Waals surface area contributed by atoms with E-state index in [0.717, 1.165) is 0 Å². The minimum atomic E-state index is -1.23. The Morgan fingerprint density at radius 1 is 0.767 bits per heavy atom. The van der Waals surface area contributed by atoms with E-state index in [-0.39, 0.29) is 0 Å². The van der Waals surface area contributed by atoms with Gasteiger partial charge in [0, 0.05) is 9.85 Å². The van der Waals surface area contributed by atoms with E-state index in [9.17, 15) is 20.2 Å². The molecule has 1 N–H and O–H groups in total. The predicted molar refractivity (Wildman–Crippen MR) is 110 cm³/mol. The van der Waals surface area contributed by atoms with E-state index in [1.807, 2.05) is 0 Å². The molecule has 1 heterocycles. The summed E-state index contributed by atoms with van der Waals surface area (Å²) in [6, 6.07) is 10.1. The fourth-order valence-corrected chi connectivity index (χ4v) is 4.38. The molecular weight excluding hydrogens is 390 g/mol. The molecule has 9 heteroatoms. The van der Waals surface area contributed by atoms with Gasteiger partial charge in [0.2, 0.25) is 12.1 Å². The van der Waals surface area contributed by atoms with Gasteiger partial charge in [0.25, 0.3) is 0 Å². The molecule has 4 atom stereocenters. The van der Waals surface area contributed by atoms with Crippen molar-refractivity contribution in [2.75, 3.05) is 14.2 Å². The van der Waals surface area contributed by atoms with Gasteiger partial charge in [0.05, 0.1) is 14.2 Å². The summed E-state index contributed by atoms with van der Waals surface area (Å²) >= 11 is 0. The van der Waals surface area contributed by atoms with Crippen molar-refractivity contribution in [2.45, 2.75) is 38.0 Å². The van der Waals surface area contributed by atoms with Crippen LogP contribution in [0.5, 0.6) is 11.5 Å². The summed E-state index contributed by atoms with van der Waals surface area (Å²) in [4.78, 5) is 23.3. The summed E-state index contributed by atoms with van der Waals surface area (Å²) in [5.41, 5.74) is 0.115. The third-order valence-electron chi connectivity index (χ3n) is 5.92. The molecule has 160 valence electrons. The molecule has 0 aromatic heterocycles. The maximum absolute atomic E-state index is 12.1. The van der Waals surface area contributed by atoms with Crippen molar-refractivity contribution < 1.29 is 19.3 Å². The van der Waals surface area contributed by atoms with E-state index in [1.165, 1.54) is 14.2 Å². The van der Waals surface area contributed by atoms with E-state index in [0.29, 0.717) is 22.6 Å². The first kappa shape index (κ1) is 21.5. The summed E-state index contributed by atoms with van der Waals surface area (Å²) in [6.07, 6.45) is 0. The second-order valence-electron chi connectivity index (χ2n) is 7.95. The largest absolute Gasteiger partial charge is 0.497 e. The molecule has 1 aliphatic rings. The Bertz CT molecular complexity index is 840. The highest BCUT2D eigenvalue weighted by molar-refractivity contribution is 5.34. The normalized spacial score (nSPS) is 25.3. The second kappa shape index (κ2) is 8.27. The number of hydrogen-bond donors (Lipinski definition) is 1. The van der Waals surface area contributed by atoms with Crippen LogP contribution in [-0.2, 0) is 0 Å². The molecular formula is C21H25N3O6. The van der Waals surface area contributed by atoms with Crippen LogP contribution in [0.15, 0.2) is 48.5 Å². The third kappa shape index (κ3) is 3.80. The number of ether oxygens (including phenoxy) is 2. The number of nitrogens with one attached hydrogen (secondary N) is 1. The molecule has 0 saturated carbocycles. The molecule has 1 aliphatic heterocycles. The number of nitro groups is 2. The number of benzene rings is 2. The molecule has 2 aromatic carbocycles. The van der Waals surface area contributed by atoms with E-state index < -0.39 is 39.4 Å². The molecule has 1 fully saturated rings. The maximum Gasteiger partial charge on any atom is 0.243 e. The van der Waals surface area contributed by atoms with E-state index in [2.05, 4.69) is 5.32 Å². The Morgan fingerprint density at radius 3 is 1.37 bits per heavy atom. The van der Waals surface area contributed by atoms with Gasteiger partial charge in [-0.25, -0.2) is 0 Å². The Hall–Kier alpha value is -3.20. The van der Waals surface area contributed by atoms with Crippen LogP contribution >= 0.6 is 0 Å². The van der Waals surface area contributed by atoms with Crippen LogP contribution in [0.2, 0.25) is 0 Å². The van der Waals surface area contributed by atoms with E-state index in [1.54, 1.807) is 62.4 Å². The Kier molecular flexibility index (Phi) is 5.93. The van der Waals surface area contributed by atoms with Gasteiger partial charge in [-0.3, -0.25) is 25.5 Å². The minimum absolute atomic E-state index is 0.414. The molecule has 0 bridgehead atoms. The fraction of sp³-hybridized carbons (Fsp3) is 0.429. The first-order chi connectivity index (χ1) is 14.2. The lowest BCUT2D eigenvalue weighted by atomic mass is 9.66. The summed E-state index contributed by atoms with van der Waals surface area (Å²) in [6.45, 7) is 3.20. The molecule has 0 aliphatic carbocycles. The fourth-order valence-electron chi connectivity index (χ4n) is 4.38. The molecule has 2 aromatic rings. The Labute approximate surface area is 174 Å². The van der Waals surface area contributed by atoms with Crippen LogP contribution < -0.4 is 14.8 Å². The highest BCUT2D eigenvalue weighted by atomic mass is 16.6. The summed E-state index contributed by atoms with van der Waals surface area (Å²) in [5.74, 6) is 1.25. The Balaban J connectivity index is 2.11. The zero-order valence-electron chi connectivity index (χ0n) is 17.3. The highest BCUT2D eigenvalue weighted by Crippen LogP contribution is 2.47. The zero-order valence-corrected chi connectivity index (χ0v) is 17.3. The number of methoxy groups -OCH3 is 2. The van der Waals surface area contributed by atoms with Crippen molar-refractivity contribution in [3.05, 3.63) is 79.9 Å². The monoisotopic (exact) mass is 415 g/mol. The average molecular weight is 415 g/mol. The Morgan fingerprint density at radius 2 is 1.10 bits per heavy atom. The predicted octanol–water partition coefficient (Wildman–Crippen LogP) is 3.41. The lowest BCUT2D eigenvalue weighted by molar-refractivity contribution is -0.605. The smallest absolute Gasteiger partial charge is 0.243 e. The van der Waals surface area contributed by atoms with Gasteiger partial charge in [-0.05, 0) is 49.2 Å². The second-order valence-corrected chi connectivity index (χ2v) is 7.95. The standard InChI is InChI=1S/C21H25N3O6/c1-21(2)19(23(25)26)17(13-5-9-15(29-3)10-6-13)22-18(20(21)24(27)28)14-7-11-16(30-4)12-8-14/h5-12,17-20,22H,1-4H3/t17-,18+,19-,20-/m1/s1. The minimum Gasteiger partial charge on any atom is -0.497 e. The third-order valence-corrected chi connectivity index (χ3v) is 5.92. The van der Waals surface area contributed by atoms with Crippen molar-refractivity contribution in [1.82, 2.24) is 5.32 Å². The van der Waals surface area contributed by atoms with Gasteiger partial charge in [-0.1, -0.05) is 24.3 Å². The zero-order chi connectivity index (χ0) is 22.1. The molecule has 0 amide bonds. The molecule has 9 nitrogen and oxygen atoms in total. The quantitative estimate of drug-likeness (QED) is 0.567. The topological polar surface area (TPSA) is 117 Å². The average Bonchev–Trinajstić information content (AvgIpc) is 2.71. The summed E-state index contributed by atoms with van der Waals surface area (Å²) in [7, 11) is 3.08. The molecule has 1 saturated heterocycles. The number of rotatable bonds is 6. The van der Waals surface area contributed by atoms with Crippen LogP contribution in [-0.4, -0.2) is 36.1 Å². The summed E-state index contributed by atoms with van der Waals surface area (Å²) in [5, 5.41) is 27.4. The highest BCUT2D eigenvalue weighted by Gasteiger charge is 2.62. The van der Waals surface area contributed by atoms with Crippen molar-refractivity contribution in [2.24, 2.45) is 5.41 Å². The molecule has 0 radical (unpaired) electrons. The van der Waals surface area contributed by atoms with Crippen molar-refractivity contribution in [3.8, 4) is 11.5 Å². The van der Waals surface area contributed by atoms with Gasteiger partial charge in [0.15, 0.2) is 0 Å². The SMILES string of the molecule is COc1ccc([C@H]2N[C@@H](c3ccc(OC)cc3)[C@@H]([N+](=O)[O-])C(C)(C)[C@@H]2[N+](=O)[O-])cc1. The lowest BCUT2D eigenvalue weighted by Gasteiger charge is -2.44. The van der Waals surface area contributed by atoms with Gasteiger partial charge in [-0.2, -0.15) is 0 Å². The van der Waals surface area contributed by atoms with Crippen molar-refractivity contribution in [1.29, 1.82) is 0 Å². The van der Waals surface area contributed by atoms with Crippen LogP contribution in [0.25, 0.3) is 0 Å². The van der Waals surface area contributed by atoms with Crippen LogP contribution in [0, 0.1) is 25.6 Å². The maximum atomic E-state index is 12.1. The van der Waals surface area contributed by atoms with Gasteiger partial charge in [0.1, 0.15) is 29.0 Å². The molecule has 3 rings (SSSR count). The van der Waals surface area contributed by atoms with Crippen molar-refractivity contribution >= 4 is 0 Å². The van der Waals surface area contributed by atoms with Crippen molar-refractivity contribution in [3.63, 3.8) is 0 Å². The van der Waals surface area contributed by atoms with E-state index in [4.69, 9.17) is 9.47 Å². The van der Waals surface area contributed by atoms with E-state index >= 15 is 0 Å². The number of nitrogens with zero attached hydrogens (tertiary/aromatic N) is 2. The molecule has 0 spiro atoms. The molecule has 30 heavy (non-hydrogen) atoms. The number of piperidine rings is 1. The van der Waals surface area contributed by atoms with Crippen LogP contribution in [0.4, 0.5) is 0 Å². The first-order valence-corrected chi connectivity index (χ1v) is 9.51. The summed E-state index contributed by atoms with van der Waals surface area (Å²) < 4.78 is 10.4.